The number of alkyl halides is 3. The van der Waals surface area contributed by atoms with Gasteiger partial charge in [-0.2, -0.15) is 0 Å². The summed E-state index contributed by atoms with van der Waals surface area (Å²) in [6.07, 6.45) is -1.50. The van der Waals surface area contributed by atoms with Crippen LogP contribution in [0.25, 0.3) is 10.9 Å². The Hall–Kier alpha value is -3.98. The van der Waals surface area contributed by atoms with E-state index in [9.17, 15) is 22.8 Å². The molecule has 2 unspecified atom stereocenters. The number of aliphatic carboxylic acids is 1. The molecule has 1 amide bonds. The normalized spacial score (nSPS) is 13.1. The highest BCUT2D eigenvalue weighted by molar-refractivity contribution is 6.35. The lowest BCUT2D eigenvalue weighted by Crippen LogP contribution is -2.26. The van der Waals surface area contributed by atoms with Gasteiger partial charge in [0, 0.05) is 29.6 Å². The summed E-state index contributed by atoms with van der Waals surface area (Å²) >= 11 is 6.44. The number of para-hydroxylation sites is 1. The average Bonchev–Trinajstić information content (AvgIpc) is 3.33. The second-order valence-corrected chi connectivity index (χ2v) is 9.82. The van der Waals surface area contributed by atoms with Crippen LogP contribution in [0.2, 0.25) is 5.02 Å². The Morgan fingerprint density at radius 3 is 2.33 bits per heavy atom. The highest BCUT2D eigenvalue weighted by atomic mass is 35.5. The Balaban J connectivity index is 1.74. The highest BCUT2D eigenvalue weighted by Crippen LogP contribution is 2.45. The molecule has 210 valence electrons. The van der Waals surface area contributed by atoms with Gasteiger partial charge in [-0.1, -0.05) is 61.3 Å². The van der Waals surface area contributed by atoms with Gasteiger partial charge in [-0.15, -0.1) is 13.2 Å². The molecule has 2 atom stereocenters. The maximum atomic E-state index is 12.8. The summed E-state index contributed by atoms with van der Waals surface area (Å²) in [4.78, 5) is 26.5. The molecule has 1 heterocycles. The first-order valence-electron chi connectivity index (χ1n) is 12.8. The highest BCUT2D eigenvalue weighted by Gasteiger charge is 2.32. The maximum absolute atomic E-state index is 12.8. The second-order valence-electron chi connectivity index (χ2n) is 9.42. The number of aromatic nitrogens is 1. The van der Waals surface area contributed by atoms with Crippen LogP contribution in [0.1, 0.15) is 65.1 Å². The van der Waals surface area contributed by atoms with E-state index in [0.29, 0.717) is 10.6 Å². The van der Waals surface area contributed by atoms with Gasteiger partial charge in [0.15, 0.2) is 0 Å². The quantitative estimate of drug-likeness (QED) is 0.172. The van der Waals surface area contributed by atoms with Crippen molar-refractivity contribution in [3.8, 4) is 5.75 Å². The zero-order valence-corrected chi connectivity index (χ0v) is 22.4. The Kier molecular flexibility index (Phi) is 9.04. The van der Waals surface area contributed by atoms with Gasteiger partial charge >= 0.3 is 12.3 Å². The summed E-state index contributed by atoms with van der Waals surface area (Å²) in [6, 6.07) is 18.6. The van der Waals surface area contributed by atoms with Crippen molar-refractivity contribution in [1.29, 1.82) is 0 Å². The third-order valence-electron chi connectivity index (χ3n) is 6.73. The van der Waals surface area contributed by atoms with Crippen LogP contribution in [0.4, 0.5) is 13.2 Å². The molecule has 0 aliphatic heterocycles. The van der Waals surface area contributed by atoms with E-state index in [0.717, 1.165) is 40.4 Å². The number of benzene rings is 3. The zero-order chi connectivity index (χ0) is 28.9. The monoisotopic (exact) mass is 572 g/mol. The molecule has 10 heteroatoms. The standard InChI is InChI=1S/C30H28ClF3N2O4/c1-2-4-22(18-7-9-20(10-8-18)29(39)35-16-15-26(37)38)27(19-11-13-21(14-12-19)40-30(32,33)34)24-17-36-28-23(24)5-3-6-25(28)31/h3,5-14,17,22,27,36H,2,4,15-16H2,1H3,(H,35,39)(H,37,38). The second kappa shape index (κ2) is 12.5. The molecule has 3 aromatic carbocycles. The first-order valence-corrected chi connectivity index (χ1v) is 13.2. The fourth-order valence-electron chi connectivity index (χ4n) is 5.01. The van der Waals surface area contributed by atoms with Crippen molar-refractivity contribution in [1.82, 2.24) is 10.3 Å². The van der Waals surface area contributed by atoms with Gasteiger partial charge in [-0.3, -0.25) is 9.59 Å². The lowest BCUT2D eigenvalue weighted by molar-refractivity contribution is -0.274. The van der Waals surface area contributed by atoms with Crippen LogP contribution in [0.15, 0.2) is 72.9 Å². The number of hydrogen-bond donors (Lipinski definition) is 3. The minimum atomic E-state index is -4.79. The van der Waals surface area contributed by atoms with Crippen LogP contribution in [0.3, 0.4) is 0 Å². The van der Waals surface area contributed by atoms with Gasteiger partial charge in [0.25, 0.3) is 5.91 Å². The molecule has 6 nitrogen and oxygen atoms in total. The summed E-state index contributed by atoms with van der Waals surface area (Å²) in [5.74, 6) is -2.03. The van der Waals surface area contributed by atoms with Gasteiger partial charge in [-0.05, 0) is 59.4 Å². The number of amides is 1. The Labute approximate surface area is 234 Å². The third kappa shape index (κ3) is 6.96. The van der Waals surface area contributed by atoms with Gasteiger partial charge in [-0.25, -0.2) is 0 Å². The zero-order valence-electron chi connectivity index (χ0n) is 21.6. The third-order valence-corrected chi connectivity index (χ3v) is 7.05. The smallest absolute Gasteiger partial charge is 0.481 e. The van der Waals surface area contributed by atoms with Crippen LogP contribution >= 0.6 is 11.6 Å². The number of fused-ring (bicyclic) bond motifs is 1. The molecule has 4 rings (SSSR count). The number of carbonyl (C=O) groups is 2. The predicted molar refractivity (Wildman–Crippen MR) is 147 cm³/mol. The molecular weight excluding hydrogens is 545 g/mol. The Morgan fingerprint density at radius 2 is 1.70 bits per heavy atom. The van der Waals surface area contributed by atoms with E-state index in [2.05, 4.69) is 22.0 Å². The average molecular weight is 573 g/mol. The van der Waals surface area contributed by atoms with Crippen molar-refractivity contribution in [2.75, 3.05) is 6.54 Å². The molecule has 0 aliphatic carbocycles. The molecule has 0 aliphatic rings. The van der Waals surface area contributed by atoms with Gasteiger partial charge in [0.05, 0.1) is 17.0 Å². The van der Waals surface area contributed by atoms with Crippen molar-refractivity contribution in [3.63, 3.8) is 0 Å². The van der Waals surface area contributed by atoms with Gasteiger partial charge in [0.1, 0.15) is 5.75 Å². The molecule has 0 saturated heterocycles. The molecule has 0 saturated carbocycles. The van der Waals surface area contributed by atoms with Crippen molar-refractivity contribution >= 4 is 34.4 Å². The number of rotatable bonds is 11. The number of hydrogen-bond acceptors (Lipinski definition) is 3. The number of carbonyl (C=O) groups excluding carboxylic acids is 1. The largest absolute Gasteiger partial charge is 0.573 e. The molecule has 0 bridgehead atoms. The van der Waals surface area contributed by atoms with Crippen LogP contribution < -0.4 is 10.1 Å². The van der Waals surface area contributed by atoms with Crippen LogP contribution in [-0.4, -0.2) is 34.9 Å². The predicted octanol–water partition coefficient (Wildman–Crippen LogP) is 7.64. The fourth-order valence-corrected chi connectivity index (χ4v) is 5.23. The number of ether oxygens (including phenoxy) is 1. The molecule has 0 spiro atoms. The summed E-state index contributed by atoms with van der Waals surface area (Å²) in [7, 11) is 0. The SMILES string of the molecule is CCCC(c1ccc(C(=O)NCCC(=O)O)cc1)C(c1ccc(OC(F)(F)F)cc1)c1c[nH]c2c(Cl)cccc12. The molecular formula is C30H28ClF3N2O4. The Morgan fingerprint density at radius 1 is 1.02 bits per heavy atom. The summed E-state index contributed by atoms with van der Waals surface area (Å²) in [5.41, 5.74) is 3.85. The lowest BCUT2D eigenvalue weighted by Gasteiger charge is -2.28. The first-order chi connectivity index (χ1) is 19.1. The maximum Gasteiger partial charge on any atom is 0.573 e. The van der Waals surface area contributed by atoms with Gasteiger partial charge in [0.2, 0.25) is 0 Å². The minimum absolute atomic E-state index is 0.0215. The topological polar surface area (TPSA) is 91.4 Å². The van der Waals surface area contributed by atoms with Crippen molar-refractivity contribution in [2.24, 2.45) is 0 Å². The summed E-state index contributed by atoms with van der Waals surface area (Å²) < 4.78 is 42.4. The molecule has 0 fully saturated rings. The number of halogens is 4. The molecule has 40 heavy (non-hydrogen) atoms. The van der Waals surface area contributed by atoms with Crippen LogP contribution in [0.5, 0.6) is 5.75 Å². The summed E-state index contributed by atoms with van der Waals surface area (Å²) in [5, 5.41) is 12.9. The van der Waals surface area contributed by atoms with Gasteiger partial charge < -0.3 is 20.1 Å². The van der Waals surface area contributed by atoms with Crippen LogP contribution in [-0.2, 0) is 4.79 Å². The van der Waals surface area contributed by atoms with Crippen molar-refractivity contribution < 1.29 is 32.6 Å². The number of aromatic amines is 1. The minimum Gasteiger partial charge on any atom is -0.481 e. The molecule has 4 aromatic rings. The van der Waals surface area contributed by atoms with E-state index in [1.807, 2.05) is 30.5 Å². The van der Waals surface area contributed by atoms with E-state index in [-0.39, 0.29) is 36.5 Å². The van der Waals surface area contributed by atoms with Crippen molar-refractivity contribution in [2.45, 2.75) is 44.4 Å². The van der Waals surface area contributed by atoms with Crippen molar-refractivity contribution in [3.05, 3.63) is 100 Å². The molecule has 0 radical (unpaired) electrons. The fraction of sp³-hybridized carbons (Fsp3) is 0.267. The number of carboxylic acids is 1. The Bertz CT molecular complexity index is 1470. The summed E-state index contributed by atoms with van der Waals surface area (Å²) in [6.45, 7) is 2.08. The number of H-pyrrole nitrogens is 1. The van der Waals surface area contributed by atoms with E-state index in [1.165, 1.54) is 12.1 Å². The van der Waals surface area contributed by atoms with Crippen LogP contribution in [0, 0.1) is 0 Å². The first kappa shape index (κ1) is 29.0. The van der Waals surface area contributed by atoms with E-state index in [4.69, 9.17) is 16.7 Å². The number of carboxylic acid groups (broad SMARTS) is 1. The lowest BCUT2D eigenvalue weighted by atomic mass is 9.75. The number of nitrogens with one attached hydrogen (secondary N) is 2. The molecule has 1 aromatic heterocycles. The molecule has 3 N–H and O–H groups in total. The van der Waals surface area contributed by atoms with E-state index >= 15 is 0 Å². The van der Waals surface area contributed by atoms with E-state index in [1.54, 1.807) is 30.3 Å². The van der Waals surface area contributed by atoms with E-state index < -0.39 is 12.3 Å².